The van der Waals surface area contributed by atoms with Crippen molar-refractivity contribution in [1.29, 1.82) is 0 Å². The molecule has 3 aliphatic rings. The monoisotopic (exact) mass is 455 g/mol. The lowest BCUT2D eigenvalue weighted by atomic mass is 9.81. The van der Waals surface area contributed by atoms with Gasteiger partial charge in [0.2, 0.25) is 11.8 Å². The zero-order valence-corrected chi connectivity index (χ0v) is 19.4. The molecule has 3 N–H and O–H groups in total. The van der Waals surface area contributed by atoms with E-state index in [2.05, 4.69) is 39.8 Å². The van der Waals surface area contributed by atoms with E-state index in [0.29, 0.717) is 37.1 Å². The minimum Gasteiger partial charge on any atom is -0.481 e. The Morgan fingerprint density at radius 3 is 2.33 bits per heavy atom. The molecule has 2 aliphatic heterocycles. The molecule has 1 unspecified atom stereocenters. The minimum atomic E-state index is -0.674. The molecule has 2 heterocycles. The number of carbonyl (C=O) groups excluding carboxylic acids is 2. The second-order valence-electron chi connectivity index (χ2n) is 10.0. The topological polar surface area (TPSA) is 98.7 Å². The lowest BCUT2D eigenvalue weighted by Crippen LogP contribution is -2.47. The number of rotatable bonds is 8. The minimum absolute atomic E-state index is 0.191. The second kappa shape index (κ2) is 11.1. The number of nitrogens with zero attached hydrogens (tertiary/aromatic N) is 1. The number of carbonyl (C=O) groups is 3. The Bertz CT molecular complexity index is 824. The number of hydrogen-bond donors (Lipinski definition) is 3. The number of likely N-dealkylation sites (tertiary alicyclic amines) is 1. The maximum atomic E-state index is 12.0. The van der Waals surface area contributed by atoms with E-state index in [1.54, 1.807) is 0 Å². The Hall–Kier alpha value is -2.41. The Morgan fingerprint density at radius 2 is 1.70 bits per heavy atom. The molecule has 7 nitrogen and oxygen atoms in total. The van der Waals surface area contributed by atoms with Crippen LogP contribution in [-0.4, -0.2) is 53.0 Å². The van der Waals surface area contributed by atoms with E-state index in [9.17, 15) is 14.4 Å². The van der Waals surface area contributed by atoms with E-state index >= 15 is 0 Å². The standard InChI is InChI=1S/C26H37N3O4/c30-24-13-12-23(26(33)28-24)27-21-8-6-19(7-9-21)20-14-16-29(17-15-20)22-10-4-18(5-11-22)2-1-3-25(31)32/h6-9,18,20,22-23,27H,1-5,10-17H2,(H,31,32)(H,28,30,33). The van der Waals surface area contributed by atoms with E-state index in [-0.39, 0.29) is 17.9 Å². The number of piperidine rings is 2. The average Bonchev–Trinajstić information content (AvgIpc) is 2.82. The Kier molecular flexibility index (Phi) is 8.02. The number of benzene rings is 1. The van der Waals surface area contributed by atoms with E-state index in [0.717, 1.165) is 31.6 Å². The van der Waals surface area contributed by atoms with Crippen LogP contribution in [0.15, 0.2) is 24.3 Å². The van der Waals surface area contributed by atoms with Crippen molar-refractivity contribution in [2.45, 2.75) is 88.6 Å². The predicted molar refractivity (Wildman–Crippen MR) is 127 cm³/mol. The van der Waals surface area contributed by atoms with Crippen LogP contribution in [0.3, 0.4) is 0 Å². The van der Waals surface area contributed by atoms with Crippen LogP contribution < -0.4 is 10.6 Å². The van der Waals surface area contributed by atoms with Crippen LogP contribution in [0.5, 0.6) is 0 Å². The van der Waals surface area contributed by atoms with Gasteiger partial charge in [0.15, 0.2) is 0 Å². The molecule has 0 aromatic heterocycles. The van der Waals surface area contributed by atoms with Gasteiger partial charge in [-0.2, -0.15) is 0 Å². The van der Waals surface area contributed by atoms with Gasteiger partial charge in [-0.25, -0.2) is 0 Å². The number of carboxylic acid groups (broad SMARTS) is 1. The summed E-state index contributed by atoms with van der Waals surface area (Å²) in [6, 6.07) is 8.81. The van der Waals surface area contributed by atoms with Crippen LogP contribution in [0.4, 0.5) is 5.69 Å². The Morgan fingerprint density at radius 1 is 1.00 bits per heavy atom. The molecule has 180 valence electrons. The van der Waals surface area contributed by atoms with E-state index < -0.39 is 5.97 Å². The summed E-state index contributed by atoms with van der Waals surface area (Å²) in [5.74, 6) is 0.191. The fourth-order valence-corrected chi connectivity index (χ4v) is 5.82. The molecule has 1 aromatic carbocycles. The van der Waals surface area contributed by atoms with E-state index in [1.165, 1.54) is 44.1 Å². The molecule has 0 bridgehead atoms. The van der Waals surface area contributed by atoms with Gasteiger partial charge in [0.25, 0.3) is 0 Å². The molecule has 4 rings (SSSR count). The summed E-state index contributed by atoms with van der Waals surface area (Å²) in [6.45, 7) is 2.30. The number of nitrogens with one attached hydrogen (secondary N) is 2. The first-order chi connectivity index (χ1) is 16.0. The fourth-order valence-electron chi connectivity index (χ4n) is 5.82. The van der Waals surface area contributed by atoms with Crippen LogP contribution in [0.25, 0.3) is 0 Å². The van der Waals surface area contributed by atoms with Crippen LogP contribution in [0.1, 0.15) is 82.1 Å². The van der Waals surface area contributed by atoms with Crippen molar-refractivity contribution in [3.63, 3.8) is 0 Å². The molecule has 33 heavy (non-hydrogen) atoms. The highest BCUT2D eigenvalue weighted by atomic mass is 16.4. The normalized spacial score (nSPS) is 27.2. The van der Waals surface area contributed by atoms with Crippen LogP contribution in [0.2, 0.25) is 0 Å². The second-order valence-corrected chi connectivity index (χ2v) is 10.0. The van der Waals surface area contributed by atoms with Gasteiger partial charge in [-0.15, -0.1) is 0 Å². The predicted octanol–water partition coefficient (Wildman–Crippen LogP) is 3.90. The summed E-state index contributed by atoms with van der Waals surface area (Å²) >= 11 is 0. The van der Waals surface area contributed by atoms with Gasteiger partial charge in [0, 0.05) is 24.6 Å². The van der Waals surface area contributed by atoms with Gasteiger partial charge in [0.05, 0.1) is 0 Å². The molecule has 1 aliphatic carbocycles. The van der Waals surface area contributed by atoms with Gasteiger partial charge in [0.1, 0.15) is 6.04 Å². The molecule has 1 aromatic rings. The fraction of sp³-hybridized carbons (Fsp3) is 0.654. The summed E-state index contributed by atoms with van der Waals surface area (Å²) < 4.78 is 0. The third-order valence-electron chi connectivity index (χ3n) is 7.83. The van der Waals surface area contributed by atoms with Crippen LogP contribution >= 0.6 is 0 Å². The summed E-state index contributed by atoms with van der Waals surface area (Å²) in [5.41, 5.74) is 2.29. The summed E-state index contributed by atoms with van der Waals surface area (Å²) in [5, 5.41) is 14.5. The average molecular weight is 456 g/mol. The van der Waals surface area contributed by atoms with Gasteiger partial charge in [-0.3, -0.25) is 19.7 Å². The molecule has 7 heteroatoms. The number of amides is 2. The highest BCUT2D eigenvalue weighted by Crippen LogP contribution is 2.35. The lowest BCUT2D eigenvalue weighted by molar-refractivity contribution is -0.137. The van der Waals surface area contributed by atoms with Crippen LogP contribution in [0, 0.1) is 5.92 Å². The van der Waals surface area contributed by atoms with Crippen LogP contribution in [-0.2, 0) is 14.4 Å². The van der Waals surface area contributed by atoms with Crippen molar-refractivity contribution in [1.82, 2.24) is 10.2 Å². The number of anilines is 1. The highest BCUT2D eigenvalue weighted by molar-refractivity contribution is 6.01. The smallest absolute Gasteiger partial charge is 0.303 e. The van der Waals surface area contributed by atoms with Gasteiger partial charge < -0.3 is 15.3 Å². The van der Waals surface area contributed by atoms with E-state index in [4.69, 9.17) is 5.11 Å². The largest absolute Gasteiger partial charge is 0.481 e. The molecular weight excluding hydrogens is 418 g/mol. The third-order valence-corrected chi connectivity index (χ3v) is 7.83. The molecular formula is C26H37N3O4. The van der Waals surface area contributed by atoms with Crippen molar-refractivity contribution < 1.29 is 19.5 Å². The maximum Gasteiger partial charge on any atom is 0.303 e. The maximum absolute atomic E-state index is 12.0. The zero-order chi connectivity index (χ0) is 23.2. The molecule has 1 saturated carbocycles. The SMILES string of the molecule is O=C(O)CCCC1CCC(N2CCC(c3ccc(NC4CCC(=O)NC4=O)cc3)CC2)CC1. The zero-order valence-electron chi connectivity index (χ0n) is 19.4. The summed E-state index contributed by atoms with van der Waals surface area (Å²) in [7, 11) is 0. The molecule has 1 atom stereocenters. The Balaban J connectivity index is 1.19. The van der Waals surface area contributed by atoms with Crippen molar-refractivity contribution >= 4 is 23.5 Å². The van der Waals surface area contributed by atoms with Crippen molar-refractivity contribution in [2.24, 2.45) is 5.92 Å². The first kappa shape index (κ1) is 23.7. The van der Waals surface area contributed by atoms with E-state index in [1.807, 2.05) is 0 Å². The number of imide groups is 1. The molecule has 2 amide bonds. The van der Waals surface area contributed by atoms with Crippen molar-refractivity contribution in [3.8, 4) is 0 Å². The number of hydrogen-bond acceptors (Lipinski definition) is 5. The summed E-state index contributed by atoms with van der Waals surface area (Å²) in [6.07, 6.45) is 10.5. The first-order valence-electron chi connectivity index (χ1n) is 12.6. The van der Waals surface area contributed by atoms with Crippen molar-refractivity contribution in [2.75, 3.05) is 18.4 Å². The third kappa shape index (κ3) is 6.56. The van der Waals surface area contributed by atoms with Gasteiger partial charge in [-0.05, 0) is 100 Å². The highest BCUT2D eigenvalue weighted by Gasteiger charge is 2.30. The molecule has 3 fully saturated rings. The first-order valence-corrected chi connectivity index (χ1v) is 12.6. The van der Waals surface area contributed by atoms with Gasteiger partial charge in [-0.1, -0.05) is 12.1 Å². The number of aliphatic carboxylic acids is 1. The lowest BCUT2D eigenvalue weighted by Gasteiger charge is -2.41. The quantitative estimate of drug-likeness (QED) is 0.514. The van der Waals surface area contributed by atoms with Gasteiger partial charge >= 0.3 is 5.97 Å². The number of carboxylic acids is 1. The summed E-state index contributed by atoms with van der Waals surface area (Å²) in [4.78, 5) is 36.7. The molecule has 0 spiro atoms. The molecule has 2 saturated heterocycles. The molecule has 0 radical (unpaired) electrons. The van der Waals surface area contributed by atoms with Crippen molar-refractivity contribution in [3.05, 3.63) is 29.8 Å². The Labute approximate surface area is 196 Å².